The fourth-order valence-corrected chi connectivity index (χ4v) is 1.66. The lowest BCUT2D eigenvalue weighted by Gasteiger charge is -1.95. The number of ketones is 1. The molecule has 0 saturated carbocycles. The Kier molecular flexibility index (Phi) is 3.33. The molecule has 0 spiro atoms. The summed E-state index contributed by atoms with van der Waals surface area (Å²) in [5.74, 6) is -0.106. The van der Waals surface area contributed by atoms with E-state index in [-0.39, 0.29) is 11.7 Å². The number of thiophene rings is 1. The zero-order valence-electron chi connectivity index (χ0n) is 6.91. The molecule has 0 aromatic carbocycles. The van der Waals surface area contributed by atoms with Crippen molar-refractivity contribution in [2.45, 2.75) is 0 Å². The summed E-state index contributed by atoms with van der Waals surface area (Å²) in [6, 6.07) is 3.31. The van der Waals surface area contributed by atoms with E-state index < -0.39 is 0 Å². The maximum Gasteiger partial charge on any atom is 0.201 e. The van der Waals surface area contributed by atoms with E-state index in [9.17, 15) is 4.79 Å². The molecule has 0 aliphatic carbocycles. The lowest BCUT2D eigenvalue weighted by Crippen LogP contribution is -2.03. The van der Waals surface area contributed by atoms with Gasteiger partial charge in [0, 0.05) is 6.08 Å². The molecule has 1 heterocycles. The van der Waals surface area contributed by atoms with Crippen LogP contribution in [0.1, 0.15) is 9.67 Å². The Morgan fingerprint density at radius 2 is 2.38 bits per heavy atom. The van der Waals surface area contributed by atoms with Gasteiger partial charge in [-0.05, 0) is 12.1 Å². The van der Waals surface area contributed by atoms with Gasteiger partial charge >= 0.3 is 0 Å². The van der Waals surface area contributed by atoms with Gasteiger partial charge in [0.2, 0.25) is 5.78 Å². The average molecular weight is 218 g/mol. The highest BCUT2D eigenvalue weighted by molar-refractivity contribution is 7.18. The molecule has 1 aromatic rings. The molecule has 0 aliphatic rings. The van der Waals surface area contributed by atoms with E-state index in [4.69, 9.17) is 17.3 Å². The van der Waals surface area contributed by atoms with Crippen molar-refractivity contribution in [3.8, 4) is 0 Å². The Morgan fingerprint density at radius 3 is 2.85 bits per heavy atom. The van der Waals surface area contributed by atoms with E-state index in [1.54, 1.807) is 12.1 Å². The van der Waals surface area contributed by atoms with E-state index in [2.05, 4.69) is 4.74 Å². The second-order valence-electron chi connectivity index (χ2n) is 2.22. The van der Waals surface area contributed by atoms with Crippen LogP contribution in [0.4, 0.5) is 0 Å². The van der Waals surface area contributed by atoms with Crippen LogP contribution < -0.4 is 5.73 Å². The monoisotopic (exact) mass is 217 g/mol. The summed E-state index contributed by atoms with van der Waals surface area (Å²) >= 11 is 6.87. The molecule has 0 atom stereocenters. The SMILES string of the molecule is CO/C(N)=C/C(=O)c1ccc(Cl)s1. The fraction of sp³-hybridized carbons (Fsp3) is 0.125. The maximum atomic E-state index is 11.3. The van der Waals surface area contributed by atoms with Gasteiger partial charge in [0.1, 0.15) is 0 Å². The van der Waals surface area contributed by atoms with Crippen LogP contribution in [0, 0.1) is 0 Å². The summed E-state index contributed by atoms with van der Waals surface area (Å²) in [6.45, 7) is 0. The first-order valence-corrected chi connectivity index (χ1v) is 4.63. The van der Waals surface area contributed by atoms with Crippen LogP contribution in [-0.4, -0.2) is 12.9 Å². The smallest absolute Gasteiger partial charge is 0.201 e. The molecular formula is C8H8ClNO2S. The number of nitrogens with two attached hydrogens (primary N) is 1. The van der Waals surface area contributed by atoms with Crippen LogP contribution in [0.15, 0.2) is 24.1 Å². The maximum absolute atomic E-state index is 11.3. The first kappa shape index (κ1) is 10.1. The zero-order valence-corrected chi connectivity index (χ0v) is 8.48. The fourth-order valence-electron chi connectivity index (χ4n) is 0.706. The van der Waals surface area contributed by atoms with E-state index in [1.807, 2.05) is 0 Å². The molecular weight excluding hydrogens is 210 g/mol. The van der Waals surface area contributed by atoms with E-state index in [1.165, 1.54) is 24.5 Å². The molecule has 5 heteroatoms. The minimum absolute atomic E-state index is 0.0922. The first-order chi connectivity index (χ1) is 6.13. The molecule has 0 fully saturated rings. The number of carbonyl (C=O) groups excluding carboxylic acids is 1. The predicted molar refractivity (Wildman–Crippen MR) is 52.9 cm³/mol. The summed E-state index contributed by atoms with van der Waals surface area (Å²) in [7, 11) is 1.40. The molecule has 3 nitrogen and oxygen atoms in total. The van der Waals surface area contributed by atoms with Crippen LogP contribution in [0.3, 0.4) is 0 Å². The van der Waals surface area contributed by atoms with E-state index in [0.29, 0.717) is 9.21 Å². The molecule has 0 aliphatic heterocycles. The number of methoxy groups -OCH3 is 1. The summed E-state index contributed by atoms with van der Waals surface area (Å²) in [5, 5.41) is 0. The van der Waals surface area contributed by atoms with Gasteiger partial charge in [-0.3, -0.25) is 4.79 Å². The van der Waals surface area contributed by atoms with Crippen LogP contribution in [0.2, 0.25) is 4.34 Å². The number of hydrogen-bond donors (Lipinski definition) is 1. The Labute approximate surface area is 84.8 Å². The van der Waals surface area contributed by atoms with Crippen molar-refractivity contribution in [3.05, 3.63) is 33.3 Å². The second-order valence-corrected chi connectivity index (χ2v) is 3.93. The van der Waals surface area contributed by atoms with Gasteiger partial charge in [-0.1, -0.05) is 11.6 Å². The van der Waals surface area contributed by atoms with Crippen LogP contribution >= 0.6 is 22.9 Å². The van der Waals surface area contributed by atoms with Gasteiger partial charge in [0.25, 0.3) is 0 Å². The molecule has 1 aromatic heterocycles. The molecule has 70 valence electrons. The van der Waals surface area contributed by atoms with Crippen molar-refractivity contribution in [3.63, 3.8) is 0 Å². The molecule has 0 amide bonds. The molecule has 1 rings (SSSR count). The van der Waals surface area contributed by atoms with Gasteiger partial charge in [-0.25, -0.2) is 0 Å². The molecule has 13 heavy (non-hydrogen) atoms. The van der Waals surface area contributed by atoms with Crippen LogP contribution in [0.25, 0.3) is 0 Å². The number of allylic oxidation sites excluding steroid dienone is 1. The number of rotatable bonds is 3. The molecule has 2 N–H and O–H groups in total. The highest BCUT2D eigenvalue weighted by Crippen LogP contribution is 2.22. The largest absolute Gasteiger partial charge is 0.483 e. The molecule has 0 bridgehead atoms. The predicted octanol–water partition coefficient (Wildman–Crippen LogP) is 2.03. The Balaban J connectivity index is 2.80. The standard InChI is InChI=1S/C8H8ClNO2S/c1-12-8(10)4-5(11)6-2-3-7(9)13-6/h2-4H,10H2,1H3/b8-4+. The van der Waals surface area contributed by atoms with E-state index >= 15 is 0 Å². The van der Waals surface area contributed by atoms with Crippen molar-refractivity contribution in [1.82, 2.24) is 0 Å². The van der Waals surface area contributed by atoms with Gasteiger partial charge in [0.15, 0.2) is 5.88 Å². The third-order valence-electron chi connectivity index (χ3n) is 1.33. The minimum Gasteiger partial charge on any atom is -0.483 e. The summed E-state index contributed by atoms with van der Waals surface area (Å²) in [6.07, 6.45) is 1.22. The Hall–Kier alpha value is -1.000. The third-order valence-corrected chi connectivity index (χ3v) is 2.57. The Bertz CT molecular complexity index is 346. The average Bonchev–Trinajstić information content (AvgIpc) is 2.51. The number of hydrogen-bond acceptors (Lipinski definition) is 4. The van der Waals surface area contributed by atoms with Gasteiger partial charge in [-0.2, -0.15) is 0 Å². The summed E-state index contributed by atoms with van der Waals surface area (Å²) in [4.78, 5) is 11.9. The highest BCUT2D eigenvalue weighted by atomic mass is 35.5. The van der Waals surface area contributed by atoms with Crippen LogP contribution in [-0.2, 0) is 4.74 Å². The molecule has 0 unspecified atom stereocenters. The van der Waals surface area contributed by atoms with Crippen molar-refractivity contribution >= 4 is 28.7 Å². The minimum atomic E-state index is -0.198. The first-order valence-electron chi connectivity index (χ1n) is 3.44. The second kappa shape index (κ2) is 4.30. The van der Waals surface area contributed by atoms with Crippen molar-refractivity contribution < 1.29 is 9.53 Å². The van der Waals surface area contributed by atoms with Crippen LogP contribution in [0.5, 0.6) is 0 Å². The van der Waals surface area contributed by atoms with Gasteiger partial charge < -0.3 is 10.5 Å². The Morgan fingerprint density at radius 1 is 1.69 bits per heavy atom. The lowest BCUT2D eigenvalue weighted by atomic mass is 10.3. The third kappa shape index (κ3) is 2.75. The van der Waals surface area contributed by atoms with Crippen molar-refractivity contribution in [1.29, 1.82) is 0 Å². The van der Waals surface area contributed by atoms with Crippen molar-refractivity contribution in [2.24, 2.45) is 5.73 Å². The number of carbonyl (C=O) groups is 1. The highest BCUT2D eigenvalue weighted by Gasteiger charge is 2.06. The topological polar surface area (TPSA) is 52.3 Å². The van der Waals surface area contributed by atoms with Gasteiger partial charge in [-0.15, -0.1) is 11.3 Å². The lowest BCUT2D eigenvalue weighted by molar-refractivity contribution is 0.104. The number of ether oxygens (including phenoxy) is 1. The number of halogens is 1. The van der Waals surface area contributed by atoms with Crippen molar-refractivity contribution in [2.75, 3.05) is 7.11 Å². The summed E-state index contributed by atoms with van der Waals surface area (Å²) in [5.41, 5.74) is 5.31. The van der Waals surface area contributed by atoms with E-state index in [0.717, 1.165) is 0 Å². The quantitative estimate of drug-likeness (QED) is 0.479. The molecule has 0 saturated heterocycles. The summed E-state index contributed by atoms with van der Waals surface area (Å²) < 4.78 is 5.22. The molecule has 0 radical (unpaired) electrons. The zero-order chi connectivity index (χ0) is 9.84. The normalized spacial score (nSPS) is 11.4. The van der Waals surface area contributed by atoms with Gasteiger partial charge in [0.05, 0.1) is 16.3 Å².